The molecule has 0 amide bonds. The summed E-state index contributed by atoms with van der Waals surface area (Å²) in [5, 5.41) is 25.1. The summed E-state index contributed by atoms with van der Waals surface area (Å²) < 4.78 is 36.5. The molecule has 12 heteroatoms. The van der Waals surface area contributed by atoms with Gasteiger partial charge in [0.25, 0.3) is 0 Å². The van der Waals surface area contributed by atoms with Gasteiger partial charge in [0, 0.05) is 17.8 Å². The van der Waals surface area contributed by atoms with Gasteiger partial charge in [0.15, 0.2) is 0 Å². The van der Waals surface area contributed by atoms with Crippen molar-refractivity contribution in [3.8, 4) is 5.75 Å². The lowest BCUT2D eigenvalue weighted by Crippen LogP contribution is -2.45. The molecule has 11 nitrogen and oxygen atoms in total. The van der Waals surface area contributed by atoms with E-state index in [-0.39, 0.29) is 11.9 Å². The van der Waals surface area contributed by atoms with Crippen LogP contribution in [-0.2, 0) is 23.4 Å². The van der Waals surface area contributed by atoms with E-state index >= 15 is 0 Å². The summed E-state index contributed by atoms with van der Waals surface area (Å²) in [5.41, 5.74) is -0.219. The van der Waals surface area contributed by atoms with E-state index in [0.717, 1.165) is 5.39 Å². The zero-order valence-electron chi connectivity index (χ0n) is 21.0. The summed E-state index contributed by atoms with van der Waals surface area (Å²) in [6, 6.07) is 10.8. The third-order valence-electron chi connectivity index (χ3n) is 6.00. The predicted molar refractivity (Wildman–Crippen MR) is 135 cm³/mol. The average Bonchev–Trinajstić information content (AvgIpc) is 3.42. The molecule has 0 bridgehead atoms. The maximum Gasteiger partial charge on any atom is 0.459 e. The lowest BCUT2D eigenvalue weighted by molar-refractivity contribution is -0.149. The van der Waals surface area contributed by atoms with E-state index in [9.17, 15) is 19.6 Å². The highest BCUT2D eigenvalue weighted by atomic mass is 31.2. The number of nitrogens with zero attached hydrogens (tertiary/aromatic N) is 1. The van der Waals surface area contributed by atoms with Crippen LogP contribution in [0.1, 0.15) is 39.4 Å². The number of aliphatic hydroxyl groups is 2. The normalized spacial score (nSPS) is 26.2. The fourth-order valence-corrected chi connectivity index (χ4v) is 5.69. The maximum absolute atomic E-state index is 13.8. The van der Waals surface area contributed by atoms with Gasteiger partial charge < -0.3 is 29.2 Å². The molecule has 3 unspecified atom stereocenters. The lowest BCUT2D eigenvalue weighted by atomic mass is 9.95. The largest absolute Gasteiger partial charge is 0.462 e. The molecule has 1 aromatic carbocycles. The Morgan fingerprint density at radius 2 is 1.95 bits per heavy atom. The third-order valence-corrected chi connectivity index (χ3v) is 7.63. The first-order chi connectivity index (χ1) is 17.5. The van der Waals surface area contributed by atoms with Gasteiger partial charge in [-0.2, -0.15) is 5.09 Å². The molecule has 3 aromatic rings. The standard InChI is InChI=1S/C25H32N3O8P/c1-15(2)34-24(31)16(3)28-37(32,36-17-8-6-5-7-9-17)33-14-25(4)22(30)20(29)21(35-25)18-10-12-26-23-19(18)11-13-27-23/h5-13,15-16,20-22,29-30H,14H2,1-4H3,(H,26,27)(H,28,32)/t16-,20-,21?,22-,25?,37?/m0/s1. The molecule has 37 heavy (non-hydrogen) atoms. The number of carbonyl (C=O) groups excluding carboxylic acids is 1. The summed E-state index contributed by atoms with van der Waals surface area (Å²) in [7, 11) is -4.20. The van der Waals surface area contributed by atoms with Crippen molar-refractivity contribution in [2.24, 2.45) is 0 Å². The minimum atomic E-state index is -4.20. The Labute approximate surface area is 214 Å². The number of carbonyl (C=O) groups is 1. The molecule has 4 N–H and O–H groups in total. The van der Waals surface area contributed by atoms with Gasteiger partial charge in [0.05, 0.1) is 12.7 Å². The Kier molecular flexibility index (Phi) is 8.03. The molecule has 3 heterocycles. The molecule has 6 atom stereocenters. The van der Waals surface area contributed by atoms with Gasteiger partial charge in [-0.1, -0.05) is 18.2 Å². The number of H-pyrrole nitrogens is 1. The summed E-state index contributed by atoms with van der Waals surface area (Å²) in [5.74, 6) is -0.395. The Hall–Kier alpha value is -2.79. The van der Waals surface area contributed by atoms with E-state index in [2.05, 4.69) is 15.1 Å². The number of ether oxygens (including phenoxy) is 2. The van der Waals surface area contributed by atoms with E-state index in [0.29, 0.717) is 11.2 Å². The number of hydrogen-bond donors (Lipinski definition) is 4. The molecule has 0 saturated carbocycles. The van der Waals surface area contributed by atoms with Gasteiger partial charge >= 0.3 is 13.7 Å². The van der Waals surface area contributed by atoms with Crippen molar-refractivity contribution in [3.05, 3.63) is 60.4 Å². The molecular formula is C25H32N3O8P. The highest BCUT2D eigenvalue weighted by molar-refractivity contribution is 7.52. The third kappa shape index (κ3) is 6.04. The van der Waals surface area contributed by atoms with Crippen LogP contribution in [0.15, 0.2) is 54.9 Å². The number of hydrogen-bond acceptors (Lipinski definition) is 9. The molecular weight excluding hydrogens is 501 g/mol. The van der Waals surface area contributed by atoms with Gasteiger partial charge in [0.2, 0.25) is 0 Å². The van der Waals surface area contributed by atoms with Crippen LogP contribution in [0.25, 0.3) is 11.0 Å². The Morgan fingerprint density at radius 3 is 2.65 bits per heavy atom. The van der Waals surface area contributed by atoms with E-state index in [1.165, 1.54) is 6.92 Å². The summed E-state index contributed by atoms with van der Waals surface area (Å²) >= 11 is 0. The molecule has 0 radical (unpaired) electrons. The van der Waals surface area contributed by atoms with Gasteiger partial charge in [0.1, 0.15) is 41.4 Å². The fourth-order valence-electron chi connectivity index (χ4n) is 4.10. The van der Waals surface area contributed by atoms with Gasteiger partial charge in [-0.15, -0.1) is 0 Å². The zero-order chi connectivity index (χ0) is 26.8. The van der Waals surface area contributed by atoms with Crippen molar-refractivity contribution >= 4 is 24.7 Å². The highest BCUT2D eigenvalue weighted by Gasteiger charge is 2.53. The van der Waals surface area contributed by atoms with Crippen molar-refractivity contribution in [2.75, 3.05) is 6.61 Å². The number of aromatic amines is 1. The van der Waals surface area contributed by atoms with Gasteiger partial charge in [-0.3, -0.25) is 9.32 Å². The zero-order valence-corrected chi connectivity index (χ0v) is 21.9. The molecule has 4 rings (SSSR count). The van der Waals surface area contributed by atoms with Crippen molar-refractivity contribution in [1.29, 1.82) is 0 Å². The van der Waals surface area contributed by atoms with Crippen LogP contribution in [0, 0.1) is 0 Å². The van der Waals surface area contributed by atoms with Gasteiger partial charge in [-0.25, -0.2) is 9.55 Å². The number of pyridine rings is 1. The second-order valence-corrected chi connectivity index (χ2v) is 11.1. The molecule has 1 saturated heterocycles. The second kappa shape index (κ2) is 10.9. The van der Waals surface area contributed by atoms with Crippen LogP contribution in [0.2, 0.25) is 0 Å². The minimum absolute atomic E-state index is 0.241. The Morgan fingerprint density at radius 1 is 1.22 bits per heavy atom. The summed E-state index contributed by atoms with van der Waals surface area (Å²) in [6.07, 6.45) is -0.648. The first kappa shape index (κ1) is 27.3. The average molecular weight is 534 g/mol. The number of para-hydroxylation sites is 1. The van der Waals surface area contributed by atoms with E-state index in [1.54, 1.807) is 75.6 Å². The molecule has 1 aliphatic heterocycles. The van der Waals surface area contributed by atoms with Crippen LogP contribution in [0.5, 0.6) is 5.75 Å². The number of rotatable bonds is 10. The van der Waals surface area contributed by atoms with Crippen LogP contribution in [0.3, 0.4) is 0 Å². The van der Waals surface area contributed by atoms with Crippen LogP contribution in [-0.4, -0.2) is 62.7 Å². The summed E-state index contributed by atoms with van der Waals surface area (Å²) in [4.78, 5) is 19.6. The molecule has 0 aliphatic carbocycles. The van der Waals surface area contributed by atoms with Crippen molar-refractivity contribution < 1.29 is 38.1 Å². The van der Waals surface area contributed by atoms with Crippen molar-refractivity contribution in [1.82, 2.24) is 15.1 Å². The Balaban J connectivity index is 1.54. The number of benzene rings is 1. The van der Waals surface area contributed by atoms with E-state index in [4.69, 9.17) is 18.5 Å². The van der Waals surface area contributed by atoms with Crippen LogP contribution in [0.4, 0.5) is 0 Å². The molecule has 2 aromatic heterocycles. The maximum atomic E-state index is 13.8. The molecule has 200 valence electrons. The van der Waals surface area contributed by atoms with Crippen molar-refractivity contribution in [2.45, 2.75) is 63.8 Å². The Bertz CT molecular complexity index is 1270. The number of fused-ring (bicyclic) bond motifs is 1. The number of esters is 1. The van der Waals surface area contributed by atoms with Gasteiger partial charge in [-0.05, 0) is 57.5 Å². The van der Waals surface area contributed by atoms with Crippen molar-refractivity contribution in [3.63, 3.8) is 0 Å². The predicted octanol–water partition coefficient (Wildman–Crippen LogP) is 3.25. The SMILES string of the molecule is CC(C)OC(=O)[C@H](C)NP(=O)(OCC1(C)OC(c2ccnc3[nH]ccc23)[C@H](O)[C@@H]1O)Oc1ccccc1. The topological polar surface area (TPSA) is 152 Å². The lowest BCUT2D eigenvalue weighted by Gasteiger charge is -2.30. The number of aliphatic hydroxyl groups excluding tert-OH is 2. The summed E-state index contributed by atoms with van der Waals surface area (Å²) in [6.45, 7) is 5.99. The number of nitrogens with one attached hydrogen (secondary N) is 2. The quantitative estimate of drug-likeness (QED) is 0.226. The minimum Gasteiger partial charge on any atom is -0.462 e. The first-order valence-corrected chi connectivity index (χ1v) is 13.5. The number of aromatic nitrogens is 2. The first-order valence-electron chi connectivity index (χ1n) is 11.9. The monoisotopic (exact) mass is 533 g/mol. The van der Waals surface area contributed by atoms with Crippen LogP contribution < -0.4 is 9.61 Å². The van der Waals surface area contributed by atoms with Crippen LogP contribution >= 0.6 is 7.75 Å². The fraction of sp³-hybridized carbons (Fsp3) is 0.440. The highest BCUT2D eigenvalue weighted by Crippen LogP contribution is 2.48. The molecule has 1 fully saturated rings. The molecule has 1 aliphatic rings. The van der Waals surface area contributed by atoms with E-state index in [1.807, 2.05) is 0 Å². The smallest absolute Gasteiger partial charge is 0.459 e. The van der Waals surface area contributed by atoms with E-state index < -0.39 is 50.3 Å². The second-order valence-electron chi connectivity index (χ2n) is 9.44. The molecule has 0 spiro atoms.